The zero-order valence-corrected chi connectivity index (χ0v) is 18.8. The Morgan fingerprint density at radius 1 is 0.533 bits per heavy atom. The normalized spacial score (nSPS) is 12.1. The van der Waals surface area contributed by atoms with Crippen molar-refractivity contribution in [3.63, 3.8) is 0 Å². The molecule has 0 amide bonds. The summed E-state index contributed by atoms with van der Waals surface area (Å²) in [7, 11) is -0.994. The van der Waals surface area contributed by atoms with Crippen LogP contribution in [0.25, 0.3) is 0 Å². The molecule has 0 radical (unpaired) electrons. The van der Waals surface area contributed by atoms with Crippen LogP contribution in [-0.2, 0) is 0 Å². The molecule has 2 heteroatoms. The first-order chi connectivity index (χ1) is 14.9. The van der Waals surface area contributed by atoms with Crippen LogP contribution in [-0.4, -0.2) is 11.8 Å². The number of hydrogen-bond donors (Lipinski definition) is 0. The van der Waals surface area contributed by atoms with Crippen LogP contribution in [0.15, 0.2) is 134 Å². The van der Waals surface area contributed by atoms with E-state index in [1.165, 1.54) is 21.2 Å². The summed E-state index contributed by atoms with van der Waals surface area (Å²) in [6.45, 7) is 4.30. The Bertz CT molecular complexity index is 952. The van der Waals surface area contributed by atoms with Crippen LogP contribution in [0.4, 0.5) is 0 Å². The highest BCUT2D eigenvalue weighted by Gasteiger charge is 2.26. The van der Waals surface area contributed by atoms with E-state index in [1.807, 2.05) is 0 Å². The lowest BCUT2D eigenvalue weighted by Gasteiger charge is -2.30. The molecule has 0 aliphatic rings. The molecular weight excluding hydrogens is 398 g/mol. The summed E-state index contributed by atoms with van der Waals surface area (Å²) in [5.74, 6) is 0. The molecule has 0 aliphatic carbocycles. The van der Waals surface area contributed by atoms with Gasteiger partial charge in [0.2, 0.25) is 0 Å². The molecule has 0 spiro atoms. The Morgan fingerprint density at radius 3 is 1.20 bits per heavy atom. The summed E-state index contributed by atoms with van der Waals surface area (Å²) in [6.07, 6.45) is 3.30. The van der Waals surface area contributed by atoms with E-state index in [0.29, 0.717) is 5.66 Å². The monoisotopic (exact) mass is 424 g/mol. The molecule has 4 rings (SSSR count). The average molecular weight is 424 g/mol. The molecule has 148 valence electrons. The minimum Gasteiger partial charge on any atom is -0.102 e. The summed E-state index contributed by atoms with van der Waals surface area (Å²) in [5, 5.41) is 5.70. The van der Waals surface area contributed by atoms with Gasteiger partial charge >= 0.3 is 0 Å². The predicted molar refractivity (Wildman–Crippen MR) is 137 cm³/mol. The van der Waals surface area contributed by atoms with Gasteiger partial charge in [-0.15, -0.1) is 6.58 Å². The van der Waals surface area contributed by atoms with Gasteiger partial charge in [0.1, 0.15) is 0 Å². The molecule has 0 saturated carbocycles. The lowest BCUT2D eigenvalue weighted by molar-refractivity contribution is 1.25. The Labute approximate surface area is 182 Å². The van der Waals surface area contributed by atoms with Gasteiger partial charge in [-0.25, -0.2) is 0 Å². The maximum Gasteiger partial charge on any atom is 0.00933 e. The summed E-state index contributed by atoms with van der Waals surface area (Å²) < 4.78 is 0. The summed E-state index contributed by atoms with van der Waals surface area (Å²) in [6, 6.07) is 43.9. The number of hydrogen-bond acceptors (Lipinski definition) is 0. The third kappa shape index (κ3) is 4.96. The van der Waals surface area contributed by atoms with Crippen LogP contribution >= 0.6 is 15.8 Å². The second-order valence-electron chi connectivity index (χ2n) is 7.13. The standard InChI is InChI=1S/C28H26P2/c1-2-24(30(27-19-11-5-12-20-27)28-21-13-6-14-22-28)23-29(25-15-7-3-8-16-25)26-17-9-4-10-18-26/h2-22,24H,1,23H2. The van der Waals surface area contributed by atoms with Gasteiger partial charge in [0.15, 0.2) is 0 Å². The molecule has 0 bridgehead atoms. The third-order valence-electron chi connectivity index (χ3n) is 5.18. The molecular formula is C28H26P2. The van der Waals surface area contributed by atoms with Crippen molar-refractivity contribution < 1.29 is 0 Å². The number of benzene rings is 4. The van der Waals surface area contributed by atoms with E-state index in [0.717, 1.165) is 6.16 Å². The van der Waals surface area contributed by atoms with E-state index in [9.17, 15) is 0 Å². The molecule has 30 heavy (non-hydrogen) atoms. The Hall–Kier alpha value is -2.52. The molecule has 1 atom stereocenters. The van der Waals surface area contributed by atoms with Crippen LogP contribution in [0.1, 0.15) is 0 Å². The number of rotatable bonds is 8. The molecule has 4 aromatic carbocycles. The van der Waals surface area contributed by atoms with Crippen LogP contribution in [0, 0.1) is 0 Å². The Balaban J connectivity index is 1.75. The highest BCUT2D eigenvalue weighted by molar-refractivity contribution is 7.77. The fourth-order valence-electron chi connectivity index (χ4n) is 3.73. The zero-order valence-electron chi connectivity index (χ0n) is 17.0. The first kappa shape index (κ1) is 20.7. The molecule has 0 aliphatic heterocycles. The smallest absolute Gasteiger partial charge is 0.00933 e. The van der Waals surface area contributed by atoms with Crippen molar-refractivity contribution in [2.45, 2.75) is 5.66 Å². The molecule has 0 saturated heterocycles. The minimum absolute atomic E-state index is 0.399. The molecule has 0 N–H and O–H groups in total. The largest absolute Gasteiger partial charge is 0.102 e. The molecule has 0 aromatic heterocycles. The van der Waals surface area contributed by atoms with Gasteiger partial charge < -0.3 is 0 Å². The van der Waals surface area contributed by atoms with Crippen molar-refractivity contribution in [1.29, 1.82) is 0 Å². The van der Waals surface area contributed by atoms with Crippen molar-refractivity contribution >= 4 is 37.1 Å². The molecule has 1 unspecified atom stereocenters. The fourth-order valence-corrected chi connectivity index (χ4v) is 9.45. The van der Waals surface area contributed by atoms with E-state index < -0.39 is 15.8 Å². The van der Waals surface area contributed by atoms with Crippen LogP contribution in [0.2, 0.25) is 0 Å². The number of allylic oxidation sites excluding steroid dienone is 1. The maximum atomic E-state index is 4.30. The lowest BCUT2D eigenvalue weighted by atomic mass is 10.4. The summed E-state index contributed by atoms with van der Waals surface area (Å²) in [4.78, 5) is 0. The van der Waals surface area contributed by atoms with Gasteiger partial charge in [-0.1, -0.05) is 127 Å². The second-order valence-corrected chi connectivity index (χ2v) is 11.8. The summed E-state index contributed by atoms with van der Waals surface area (Å²) >= 11 is 0. The van der Waals surface area contributed by atoms with Crippen molar-refractivity contribution in [2.75, 3.05) is 6.16 Å². The Kier molecular flexibility index (Phi) is 7.25. The quantitative estimate of drug-likeness (QED) is 0.247. The maximum absolute atomic E-state index is 4.30. The van der Waals surface area contributed by atoms with E-state index >= 15 is 0 Å². The minimum atomic E-state index is -0.530. The van der Waals surface area contributed by atoms with Gasteiger partial charge in [0, 0.05) is 5.66 Å². The fraction of sp³-hybridized carbons (Fsp3) is 0.0714. The van der Waals surface area contributed by atoms with E-state index in [4.69, 9.17) is 0 Å². The first-order valence-electron chi connectivity index (χ1n) is 10.3. The molecule has 0 nitrogen and oxygen atoms in total. The lowest BCUT2D eigenvalue weighted by Crippen LogP contribution is -2.26. The van der Waals surface area contributed by atoms with Crippen LogP contribution < -0.4 is 21.2 Å². The average Bonchev–Trinajstić information content (AvgIpc) is 2.84. The van der Waals surface area contributed by atoms with E-state index in [2.05, 4.69) is 134 Å². The first-order valence-corrected chi connectivity index (χ1v) is 13.2. The van der Waals surface area contributed by atoms with Crippen LogP contribution in [0.5, 0.6) is 0 Å². The van der Waals surface area contributed by atoms with Gasteiger partial charge in [0.25, 0.3) is 0 Å². The van der Waals surface area contributed by atoms with Crippen molar-refractivity contribution in [2.24, 2.45) is 0 Å². The summed E-state index contributed by atoms with van der Waals surface area (Å²) in [5.41, 5.74) is 0.399. The van der Waals surface area contributed by atoms with Crippen molar-refractivity contribution in [3.05, 3.63) is 134 Å². The van der Waals surface area contributed by atoms with Crippen molar-refractivity contribution in [1.82, 2.24) is 0 Å². The van der Waals surface area contributed by atoms with E-state index in [-0.39, 0.29) is 0 Å². The van der Waals surface area contributed by atoms with Crippen LogP contribution in [0.3, 0.4) is 0 Å². The zero-order chi connectivity index (χ0) is 20.6. The van der Waals surface area contributed by atoms with Crippen molar-refractivity contribution in [3.8, 4) is 0 Å². The van der Waals surface area contributed by atoms with Gasteiger partial charge in [-0.05, 0) is 43.2 Å². The molecule has 4 aromatic rings. The highest BCUT2D eigenvalue weighted by Crippen LogP contribution is 2.46. The van der Waals surface area contributed by atoms with E-state index in [1.54, 1.807) is 0 Å². The van der Waals surface area contributed by atoms with Gasteiger partial charge in [0.05, 0.1) is 0 Å². The highest BCUT2D eigenvalue weighted by atomic mass is 31.1. The van der Waals surface area contributed by atoms with Gasteiger partial charge in [-0.2, -0.15) is 0 Å². The van der Waals surface area contributed by atoms with Gasteiger partial charge in [-0.3, -0.25) is 0 Å². The predicted octanol–water partition coefficient (Wildman–Crippen LogP) is 5.81. The molecule has 0 heterocycles. The Morgan fingerprint density at radius 2 is 0.867 bits per heavy atom. The molecule has 0 fully saturated rings. The second kappa shape index (κ2) is 10.5. The topological polar surface area (TPSA) is 0 Å². The SMILES string of the molecule is C=CC(CP(c1ccccc1)c1ccccc1)P(c1ccccc1)c1ccccc1. The third-order valence-corrected chi connectivity index (χ3v) is 10.8.